The second-order valence-corrected chi connectivity index (χ2v) is 10.2. The zero-order chi connectivity index (χ0) is 21.1. The van der Waals surface area contributed by atoms with Crippen molar-refractivity contribution in [1.82, 2.24) is 9.71 Å². The highest BCUT2D eigenvalue weighted by molar-refractivity contribution is 7.89. The third-order valence-electron chi connectivity index (χ3n) is 4.37. The quantitative estimate of drug-likeness (QED) is 0.778. The molecule has 2 heterocycles. The number of pyridine rings is 1. The maximum Gasteiger partial charge on any atom is 0.514 e. The first-order valence-corrected chi connectivity index (χ1v) is 9.82. The Balaban J connectivity index is 2.53. The van der Waals surface area contributed by atoms with Crippen LogP contribution in [-0.4, -0.2) is 37.3 Å². The summed E-state index contributed by atoms with van der Waals surface area (Å²) < 4.78 is 79.1. The molecule has 11 heteroatoms. The van der Waals surface area contributed by atoms with Crippen LogP contribution < -0.4 is 10.3 Å². The number of aromatic nitrogens is 1. The van der Waals surface area contributed by atoms with Gasteiger partial charge in [0, 0.05) is 5.54 Å². The zero-order valence-electron chi connectivity index (χ0n) is 16.4. The normalized spacial score (nSPS) is 20.1. The summed E-state index contributed by atoms with van der Waals surface area (Å²) in [5.41, 5.74) is -4.14. The van der Waals surface area contributed by atoms with E-state index in [0.29, 0.717) is 0 Å². The van der Waals surface area contributed by atoms with Gasteiger partial charge in [0.15, 0.2) is 5.69 Å². The molecule has 0 bridgehead atoms. The predicted octanol–water partition coefficient (Wildman–Crippen LogP) is 2.48. The number of hydrogen-bond donors (Lipinski definition) is 1. The molecule has 2 rings (SSSR count). The van der Waals surface area contributed by atoms with E-state index < -0.39 is 50.6 Å². The van der Waals surface area contributed by atoms with Gasteiger partial charge in [-0.3, -0.25) is 4.98 Å². The average Bonchev–Trinajstić information content (AvgIpc) is 2.63. The van der Waals surface area contributed by atoms with Crippen LogP contribution in [0.15, 0.2) is 17.0 Å². The summed E-state index contributed by atoms with van der Waals surface area (Å²) in [7, 11) is -5.57. The fraction of sp³-hybridized carbons (Fsp3) is 0.688. The SMILES string of the molecule is CC(C)(C)NS(=O)(=O)c1ccc(B2OC(C)(C)C(C)(C)O2)nc1C(F)(F)F. The Bertz CT molecular complexity index is 817. The summed E-state index contributed by atoms with van der Waals surface area (Å²) >= 11 is 0. The van der Waals surface area contributed by atoms with Crippen LogP contribution in [0.25, 0.3) is 0 Å². The lowest BCUT2D eigenvalue weighted by atomic mass is 9.84. The lowest BCUT2D eigenvalue weighted by Gasteiger charge is -2.32. The van der Waals surface area contributed by atoms with Crippen LogP contribution in [0.5, 0.6) is 0 Å². The van der Waals surface area contributed by atoms with Crippen molar-refractivity contribution < 1.29 is 30.9 Å². The summed E-state index contributed by atoms with van der Waals surface area (Å²) in [4.78, 5) is 2.62. The minimum absolute atomic E-state index is 0.143. The lowest BCUT2D eigenvalue weighted by Crippen LogP contribution is -2.42. The Hall–Kier alpha value is -1.17. The summed E-state index contributed by atoms with van der Waals surface area (Å²) in [6.45, 7) is 11.6. The molecular weight excluding hydrogens is 384 g/mol. The van der Waals surface area contributed by atoms with Crippen molar-refractivity contribution >= 4 is 22.7 Å². The number of hydrogen-bond acceptors (Lipinski definition) is 5. The van der Waals surface area contributed by atoms with Crippen LogP contribution in [0.3, 0.4) is 0 Å². The van der Waals surface area contributed by atoms with Crippen LogP contribution in [0.2, 0.25) is 0 Å². The second-order valence-electron chi connectivity index (χ2n) is 8.52. The number of sulfonamides is 1. The highest BCUT2D eigenvalue weighted by Crippen LogP contribution is 2.37. The van der Waals surface area contributed by atoms with E-state index in [1.807, 2.05) is 0 Å². The van der Waals surface area contributed by atoms with Crippen molar-refractivity contribution in [1.29, 1.82) is 0 Å². The number of nitrogens with zero attached hydrogens (tertiary/aromatic N) is 1. The molecule has 0 amide bonds. The van der Waals surface area contributed by atoms with E-state index in [1.165, 1.54) is 26.8 Å². The van der Waals surface area contributed by atoms with Gasteiger partial charge >= 0.3 is 13.3 Å². The number of halogens is 3. The molecule has 0 spiro atoms. The molecule has 27 heavy (non-hydrogen) atoms. The maximum atomic E-state index is 13.5. The van der Waals surface area contributed by atoms with Crippen LogP contribution in [-0.2, 0) is 25.5 Å². The zero-order valence-corrected chi connectivity index (χ0v) is 17.2. The monoisotopic (exact) mass is 408 g/mol. The van der Waals surface area contributed by atoms with Crippen molar-refractivity contribution in [2.45, 2.75) is 76.3 Å². The predicted molar refractivity (Wildman–Crippen MR) is 95.0 cm³/mol. The highest BCUT2D eigenvalue weighted by atomic mass is 32.2. The second kappa shape index (κ2) is 6.43. The van der Waals surface area contributed by atoms with E-state index in [9.17, 15) is 21.6 Å². The molecule has 0 saturated carbocycles. The molecule has 152 valence electrons. The molecule has 6 nitrogen and oxygen atoms in total. The first kappa shape index (κ1) is 22.1. The lowest BCUT2D eigenvalue weighted by molar-refractivity contribution is -0.143. The topological polar surface area (TPSA) is 77.5 Å². The average molecular weight is 408 g/mol. The third-order valence-corrected chi connectivity index (χ3v) is 6.16. The fourth-order valence-corrected chi connectivity index (χ4v) is 4.01. The van der Waals surface area contributed by atoms with Crippen molar-refractivity contribution in [3.63, 3.8) is 0 Å². The molecule has 1 N–H and O–H groups in total. The van der Waals surface area contributed by atoms with Gasteiger partial charge in [0.1, 0.15) is 4.90 Å². The molecule has 0 radical (unpaired) electrons. The fourth-order valence-electron chi connectivity index (χ4n) is 2.43. The number of rotatable bonds is 3. The first-order valence-electron chi connectivity index (χ1n) is 8.33. The molecule has 0 aromatic carbocycles. The van der Waals surface area contributed by atoms with Crippen LogP contribution >= 0.6 is 0 Å². The van der Waals surface area contributed by atoms with Crippen molar-refractivity contribution in [2.75, 3.05) is 0 Å². The standard InChI is InChI=1S/C16H24BF3N2O4S/c1-13(2,3)22-27(23,24)10-8-9-11(21-12(10)16(18,19)20)17-25-14(4,5)15(6,7)26-17/h8-9,22H,1-7H3. The molecule has 1 saturated heterocycles. The van der Waals surface area contributed by atoms with Gasteiger partial charge in [0.2, 0.25) is 10.0 Å². The molecule has 0 unspecified atom stereocenters. The Kier molecular flexibility index (Phi) is 5.27. The molecule has 1 aromatic heterocycles. The van der Waals surface area contributed by atoms with E-state index in [-0.39, 0.29) is 5.59 Å². The summed E-state index contributed by atoms with van der Waals surface area (Å²) in [6, 6.07) is 2.05. The van der Waals surface area contributed by atoms with E-state index in [4.69, 9.17) is 9.31 Å². The molecule has 1 aliphatic heterocycles. The van der Waals surface area contributed by atoms with Gasteiger partial charge in [0.05, 0.1) is 16.8 Å². The van der Waals surface area contributed by atoms with Gasteiger partial charge < -0.3 is 9.31 Å². The van der Waals surface area contributed by atoms with Crippen LogP contribution in [0, 0.1) is 0 Å². The summed E-state index contributed by atoms with van der Waals surface area (Å²) in [6.07, 6.45) is -4.97. The van der Waals surface area contributed by atoms with Crippen LogP contribution in [0.1, 0.15) is 54.2 Å². The molecule has 1 aliphatic rings. The van der Waals surface area contributed by atoms with Crippen molar-refractivity contribution in [3.05, 3.63) is 17.8 Å². The van der Waals surface area contributed by atoms with Gasteiger partial charge in [0.25, 0.3) is 0 Å². The van der Waals surface area contributed by atoms with Gasteiger partial charge in [-0.25, -0.2) is 13.1 Å². The summed E-state index contributed by atoms with van der Waals surface area (Å²) in [5, 5.41) is 0. The Morgan fingerprint density at radius 1 is 1.04 bits per heavy atom. The van der Waals surface area contributed by atoms with Gasteiger partial charge in [-0.2, -0.15) is 13.2 Å². The van der Waals surface area contributed by atoms with Gasteiger partial charge in [-0.15, -0.1) is 0 Å². The minimum atomic E-state index is -4.97. The largest absolute Gasteiger partial charge is 0.514 e. The third kappa shape index (κ3) is 4.64. The minimum Gasteiger partial charge on any atom is -0.398 e. The molecule has 1 aromatic rings. The van der Waals surface area contributed by atoms with Crippen molar-refractivity contribution in [2.24, 2.45) is 0 Å². The number of alkyl halides is 3. The van der Waals surface area contributed by atoms with E-state index >= 15 is 0 Å². The molecule has 0 aliphatic carbocycles. The van der Waals surface area contributed by atoms with Crippen LogP contribution in [0.4, 0.5) is 13.2 Å². The Labute approximate surface area is 158 Å². The number of nitrogens with one attached hydrogen (secondary N) is 1. The molecular formula is C16H24BF3N2O4S. The Morgan fingerprint density at radius 2 is 1.52 bits per heavy atom. The molecule has 0 atom stereocenters. The van der Waals surface area contributed by atoms with Gasteiger partial charge in [-0.05, 0) is 60.6 Å². The van der Waals surface area contributed by atoms with E-state index in [0.717, 1.165) is 6.07 Å². The van der Waals surface area contributed by atoms with E-state index in [1.54, 1.807) is 27.7 Å². The molecule has 1 fully saturated rings. The smallest absolute Gasteiger partial charge is 0.398 e. The highest BCUT2D eigenvalue weighted by Gasteiger charge is 2.53. The van der Waals surface area contributed by atoms with E-state index in [2.05, 4.69) is 9.71 Å². The summed E-state index contributed by atoms with van der Waals surface area (Å²) in [5.74, 6) is 0. The maximum absolute atomic E-state index is 13.5. The van der Waals surface area contributed by atoms with Crippen molar-refractivity contribution in [3.8, 4) is 0 Å². The van der Waals surface area contributed by atoms with Gasteiger partial charge in [-0.1, -0.05) is 0 Å². The first-order chi connectivity index (χ1) is 11.9. The Morgan fingerprint density at radius 3 is 1.93 bits per heavy atom.